The molecule has 1 heterocycles. The smallest absolute Gasteiger partial charge is 0.222 e. The Morgan fingerprint density at radius 3 is 2.67 bits per heavy atom. The van der Waals surface area contributed by atoms with E-state index in [4.69, 9.17) is 15.2 Å². The maximum Gasteiger partial charge on any atom is 0.222 e. The SMILES string of the molecule is CCCCNc1nc(N)ncc1OCC(C)c1ccc(OC)cc1. The lowest BCUT2D eigenvalue weighted by Gasteiger charge is -2.16. The molecule has 24 heavy (non-hydrogen) atoms. The first-order chi connectivity index (χ1) is 11.6. The molecule has 130 valence electrons. The molecule has 1 atom stereocenters. The number of nitrogens with zero attached hydrogens (tertiary/aromatic N) is 2. The summed E-state index contributed by atoms with van der Waals surface area (Å²) in [6.07, 6.45) is 3.79. The number of benzene rings is 1. The van der Waals surface area contributed by atoms with Crippen LogP contribution < -0.4 is 20.5 Å². The predicted octanol–water partition coefficient (Wildman–Crippen LogP) is 3.46. The van der Waals surface area contributed by atoms with Crippen LogP contribution in [0, 0.1) is 0 Å². The van der Waals surface area contributed by atoms with E-state index in [-0.39, 0.29) is 11.9 Å². The summed E-state index contributed by atoms with van der Waals surface area (Å²) in [4.78, 5) is 8.26. The average molecular weight is 330 g/mol. The van der Waals surface area contributed by atoms with Gasteiger partial charge in [0.2, 0.25) is 5.95 Å². The molecule has 6 nitrogen and oxygen atoms in total. The van der Waals surface area contributed by atoms with Crippen LogP contribution in [0.25, 0.3) is 0 Å². The molecule has 0 radical (unpaired) electrons. The number of nitrogens with two attached hydrogens (primary N) is 1. The summed E-state index contributed by atoms with van der Waals surface area (Å²) < 4.78 is 11.1. The van der Waals surface area contributed by atoms with Gasteiger partial charge in [-0.1, -0.05) is 32.4 Å². The third kappa shape index (κ3) is 5.01. The molecule has 6 heteroatoms. The number of methoxy groups -OCH3 is 1. The van der Waals surface area contributed by atoms with Crippen LogP contribution in [-0.2, 0) is 0 Å². The Balaban J connectivity index is 1.99. The van der Waals surface area contributed by atoms with Crippen molar-refractivity contribution in [3.05, 3.63) is 36.0 Å². The molecule has 0 aliphatic carbocycles. The first-order valence-electron chi connectivity index (χ1n) is 8.27. The summed E-state index contributed by atoms with van der Waals surface area (Å²) >= 11 is 0. The summed E-state index contributed by atoms with van der Waals surface area (Å²) in [5, 5.41) is 3.26. The fraction of sp³-hybridized carbons (Fsp3) is 0.444. The molecule has 3 N–H and O–H groups in total. The zero-order valence-electron chi connectivity index (χ0n) is 14.6. The maximum atomic E-state index is 5.92. The highest BCUT2D eigenvalue weighted by Crippen LogP contribution is 2.25. The van der Waals surface area contributed by atoms with Crippen molar-refractivity contribution in [2.45, 2.75) is 32.6 Å². The zero-order valence-corrected chi connectivity index (χ0v) is 14.6. The van der Waals surface area contributed by atoms with Gasteiger partial charge in [-0.25, -0.2) is 4.98 Å². The number of hydrogen-bond donors (Lipinski definition) is 2. The second-order valence-corrected chi connectivity index (χ2v) is 5.71. The number of nitrogens with one attached hydrogen (secondary N) is 1. The minimum atomic E-state index is 0.233. The van der Waals surface area contributed by atoms with Gasteiger partial charge in [-0.2, -0.15) is 4.98 Å². The second-order valence-electron chi connectivity index (χ2n) is 5.71. The van der Waals surface area contributed by atoms with Gasteiger partial charge in [-0.3, -0.25) is 0 Å². The predicted molar refractivity (Wildman–Crippen MR) is 96.7 cm³/mol. The largest absolute Gasteiger partial charge is 0.497 e. The van der Waals surface area contributed by atoms with Gasteiger partial charge in [0.15, 0.2) is 11.6 Å². The van der Waals surface area contributed by atoms with Crippen molar-refractivity contribution >= 4 is 11.8 Å². The monoisotopic (exact) mass is 330 g/mol. The average Bonchev–Trinajstić information content (AvgIpc) is 2.61. The van der Waals surface area contributed by atoms with Gasteiger partial charge < -0.3 is 20.5 Å². The van der Waals surface area contributed by atoms with Gasteiger partial charge in [-0.15, -0.1) is 0 Å². The highest BCUT2D eigenvalue weighted by Gasteiger charge is 2.11. The minimum absolute atomic E-state index is 0.233. The van der Waals surface area contributed by atoms with E-state index in [1.54, 1.807) is 13.3 Å². The second kappa shape index (κ2) is 8.96. The van der Waals surface area contributed by atoms with E-state index in [1.165, 1.54) is 5.56 Å². The number of nitrogen functional groups attached to an aromatic ring is 1. The van der Waals surface area contributed by atoms with Crippen molar-refractivity contribution in [2.75, 3.05) is 31.3 Å². The third-order valence-electron chi connectivity index (χ3n) is 3.77. The van der Waals surface area contributed by atoms with Crippen LogP contribution in [0.5, 0.6) is 11.5 Å². The van der Waals surface area contributed by atoms with Gasteiger partial charge in [0, 0.05) is 12.5 Å². The lowest BCUT2D eigenvalue weighted by Crippen LogP contribution is -2.12. The molecular weight excluding hydrogens is 304 g/mol. The van der Waals surface area contributed by atoms with E-state index in [2.05, 4.69) is 29.1 Å². The van der Waals surface area contributed by atoms with Crippen molar-refractivity contribution in [1.82, 2.24) is 9.97 Å². The number of ether oxygens (including phenoxy) is 2. The van der Waals surface area contributed by atoms with E-state index >= 15 is 0 Å². The highest BCUT2D eigenvalue weighted by atomic mass is 16.5. The molecule has 0 amide bonds. The molecule has 0 saturated heterocycles. The highest BCUT2D eigenvalue weighted by molar-refractivity contribution is 5.51. The van der Waals surface area contributed by atoms with Gasteiger partial charge in [0.05, 0.1) is 19.9 Å². The Hall–Kier alpha value is -2.50. The summed E-state index contributed by atoms with van der Waals surface area (Å²) in [7, 11) is 1.66. The molecule has 0 spiro atoms. The summed E-state index contributed by atoms with van der Waals surface area (Å²) in [5.74, 6) is 2.60. The molecule has 0 aliphatic rings. The van der Waals surface area contributed by atoms with Gasteiger partial charge >= 0.3 is 0 Å². The number of anilines is 2. The maximum absolute atomic E-state index is 5.92. The molecule has 0 fully saturated rings. The van der Waals surface area contributed by atoms with Crippen LogP contribution in [0.1, 0.15) is 38.2 Å². The zero-order chi connectivity index (χ0) is 17.4. The van der Waals surface area contributed by atoms with Gasteiger partial charge in [-0.05, 0) is 24.1 Å². The number of unbranched alkanes of at least 4 members (excludes halogenated alkanes) is 1. The summed E-state index contributed by atoms with van der Waals surface area (Å²) in [6, 6.07) is 8.01. The van der Waals surface area contributed by atoms with Crippen molar-refractivity contribution < 1.29 is 9.47 Å². The van der Waals surface area contributed by atoms with Crippen LogP contribution in [0.3, 0.4) is 0 Å². The summed E-state index contributed by atoms with van der Waals surface area (Å²) in [6.45, 7) is 5.62. The first kappa shape index (κ1) is 17.8. The van der Waals surface area contributed by atoms with E-state index in [0.29, 0.717) is 18.2 Å². The van der Waals surface area contributed by atoms with Crippen molar-refractivity contribution in [2.24, 2.45) is 0 Å². The lowest BCUT2D eigenvalue weighted by molar-refractivity contribution is 0.295. The quantitative estimate of drug-likeness (QED) is 0.685. The van der Waals surface area contributed by atoms with Gasteiger partial charge in [0.1, 0.15) is 5.75 Å². The third-order valence-corrected chi connectivity index (χ3v) is 3.77. The summed E-state index contributed by atoms with van der Waals surface area (Å²) in [5.41, 5.74) is 6.86. The Kier molecular flexibility index (Phi) is 6.66. The topological polar surface area (TPSA) is 82.3 Å². The Morgan fingerprint density at radius 1 is 1.25 bits per heavy atom. The molecule has 2 rings (SSSR count). The first-order valence-corrected chi connectivity index (χ1v) is 8.27. The van der Waals surface area contributed by atoms with Crippen LogP contribution in [0.2, 0.25) is 0 Å². The number of hydrogen-bond acceptors (Lipinski definition) is 6. The van der Waals surface area contributed by atoms with Crippen molar-refractivity contribution in [1.29, 1.82) is 0 Å². The van der Waals surface area contributed by atoms with Crippen LogP contribution in [-0.4, -0.2) is 30.2 Å². The normalized spacial score (nSPS) is 11.8. The Morgan fingerprint density at radius 2 is 2.00 bits per heavy atom. The minimum Gasteiger partial charge on any atom is -0.497 e. The van der Waals surface area contributed by atoms with Crippen LogP contribution >= 0.6 is 0 Å². The number of rotatable bonds is 9. The Bertz CT molecular complexity index is 631. The van der Waals surface area contributed by atoms with E-state index in [0.717, 1.165) is 25.1 Å². The molecule has 2 aromatic rings. The molecule has 0 aliphatic heterocycles. The fourth-order valence-corrected chi connectivity index (χ4v) is 2.24. The van der Waals surface area contributed by atoms with Crippen LogP contribution in [0.15, 0.2) is 30.5 Å². The van der Waals surface area contributed by atoms with E-state index in [9.17, 15) is 0 Å². The Labute approximate surface area is 143 Å². The van der Waals surface area contributed by atoms with Crippen LogP contribution in [0.4, 0.5) is 11.8 Å². The molecule has 0 saturated carbocycles. The standard InChI is InChI=1S/C18H26N4O2/c1-4-5-10-20-17-16(11-21-18(19)22-17)24-12-13(2)14-6-8-15(23-3)9-7-14/h6-9,11,13H,4-5,10,12H2,1-3H3,(H3,19,20,21,22). The molecule has 0 bridgehead atoms. The lowest BCUT2D eigenvalue weighted by atomic mass is 10.0. The van der Waals surface area contributed by atoms with E-state index < -0.39 is 0 Å². The molecule has 1 aromatic carbocycles. The van der Waals surface area contributed by atoms with Crippen molar-refractivity contribution in [3.8, 4) is 11.5 Å². The van der Waals surface area contributed by atoms with E-state index in [1.807, 2.05) is 24.3 Å². The molecule has 1 unspecified atom stereocenters. The number of aromatic nitrogens is 2. The molecule has 1 aromatic heterocycles. The van der Waals surface area contributed by atoms with Gasteiger partial charge in [0.25, 0.3) is 0 Å². The molecular formula is C18H26N4O2. The van der Waals surface area contributed by atoms with Crippen molar-refractivity contribution in [3.63, 3.8) is 0 Å². The fourth-order valence-electron chi connectivity index (χ4n) is 2.24.